The average molecular weight is 268 g/mol. The third-order valence-corrected chi connectivity index (χ3v) is 3.21. The van der Waals surface area contributed by atoms with Crippen LogP contribution in [0.3, 0.4) is 0 Å². The van der Waals surface area contributed by atoms with Crippen molar-refractivity contribution in [2.45, 2.75) is 19.4 Å². The minimum Gasteiger partial charge on any atom is -0.298 e. The van der Waals surface area contributed by atoms with Crippen LogP contribution in [-0.2, 0) is 6.42 Å². The van der Waals surface area contributed by atoms with Gasteiger partial charge in [-0.3, -0.25) is 5.32 Å². The summed E-state index contributed by atoms with van der Waals surface area (Å²) in [6.07, 6.45) is 0.566. The van der Waals surface area contributed by atoms with E-state index in [1.807, 2.05) is 37.3 Å². The van der Waals surface area contributed by atoms with Crippen LogP contribution in [0.25, 0.3) is 0 Å². The van der Waals surface area contributed by atoms with E-state index in [0.29, 0.717) is 18.5 Å². The molecule has 2 aromatic rings. The van der Waals surface area contributed by atoms with Gasteiger partial charge < -0.3 is 0 Å². The van der Waals surface area contributed by atoms with Crippen LogP contribution in [0, 0.1) is 24.1 Å². The quantitative estimate of drug-likeness (QED) is 0.900. The standard InChI is InChI=1S/C17H17FN2/c1-13-5-4-7-15(11-13)17(12-19)20-10-9-14-6-2-3-8-16(14)18/h2-8,11,17,20H,9-10H2,1H3. The van der Waals surface area contributed by atoms with E-state index in [9.17, 15) is 9.65 Å². The number of aryl methyl sites for hydroxylation is 1. The van der Waals surface area contributed by atoms with Crippen LogP contribution in [0.15, 0.2) is 48.5 Å². The van der Waals surface area contributed by atoms with Crippen molar-refractivity contribution in [1.29, 1.82) is 5.26 Å². The molecule has 1 unspecified atom stereocenters. The van der Waals surface area contributed by atoms with Crippen LogP contribution < -0.4 is 5.32 Å². The molecule has 0 aliphatic rings. The second kappa shape index (κ2) is 6.83. The molecule has 0 fully saturated rings. The van der Waals surface area contributed by atoms with E-state index in [1.54, 1.807) is 12.1 Å². The van der Waals surface area contributed by atoms with E-state index in [2.05, 4.69) is 11.4 Å². The average Bonchev–Trinajstić information content (AvgIpc) is 2.45. The Balaban J connectivity index is 1.96. The van der Waals surface area contributed by atoms with Gasteiger partial charge >= 0.3 is 0 Å². The van der Waals surface area contributed by atoms with E-state index in [-0.39, 0.29) is 11.9 Å². The Bertz CT molecular complexity index is 616. The van der Waals surface area contributed by atoms with Gasteiger partial charge in [0.2, 0.25) is 0 Å². The molecule has 2 aromatic carbocycles. The van der Waals surface area contributed by atoms with Crippen LogP contribution in [0.5, 0.6) is 0 Å². The fourth-order valence-corrected chi connectivity index (χ4v) is 2.14. The number of nitrogens with zero attached hydrogens (tertiary/aromatic N) is 1. The van der Waals surface area contributed by atoms with Gasteiger partial charge in [0.25, 0.3) is 0 Å². The lowest BCUT2D eigenvalue weighted by Gasteiger charge is -2.12. The molecule has 2 rings (SSSR count). The number of nitriles is 1. The Kier molecular flexibility index (Phi) is 4.86. The lowest BCUT2D eigenvalue weighted by Crippen LogP contribution is -2.22. The van der Waals surface area contributed by atoms with Crippen LogP contribution >= 0.6 is 0 Å². The Hall–Kier alpha value is -2.18. The van der Waals surface area contributed by atoms with Gasteiger partial charge in [0.1, 0.15) is 11.9 Å². The Morgan fingerprint density at radius 3 is 2.70 bits per heavy atom. The summed E-state index contributed by atoms with van der Waals surface area (Å²) in [6, 6.07) is 16.5. The molecule has 1 atom stereocenters. The number of halogens is 1. The molecular weight excluding hydrogens is 251 g/mol. The number of hydrogen-bond acceptors (Lipinski definition) is 2. The molecule has 0 amide bonds. The van der Waals surface area contributed by atoms with Gasteiger partial charge in [0.05, 0.1) is 6.07 Å². The van der Waals surface area contributed by atoms with Gasteiger partial charge in [0, 0.05) is 6.54 Å². The lowest BCUT2D eigenvalue weighted by atomic mass is 10.0. The van der Waals surface area contributed by atoms with E-state index in [1.165, 1.54) is 6.07 Å². The van der Waals surface area contributed by atoms with Gasteiger partial charge in [-0.2, -0.15) is 5.26 Å². The molecule has 0 saturated carbocycles. The number of rotatable bonds is 5. The Labute approximate surface area is 118 Å². The van der Waals surface area contributed by atoms with Crippen LogP contribution in [0.4, 0.5) is 4.39 Å². The predicted octanol–water partition coefficient (Wildman–Crippen LogP) is 3.53. The molecule has 102 valence electrons. The third-order valence-electron chi connectivity index (χ3n) is 3.21. The second-order valence-corrected chi connectivity index (χ2v) is 4.77. The summed E-state index contributed by atoms with van der Waals surface area (Å²) in [5.74, 6) is -0.196. The first-order valence-corrected chi connectivity index (χ1v) is 6.63. The summed E-state index contributed by atoms with van der Waals surface area (Å²) in [7, 11) is 0. The van der Waals surface area contributed by atoms with Crippen molar-refractivity contribution < 1.29 is 4.39 Å². The van der Waals surface area contributed by atoms with Crippen LogP contribution in [0.1, 0.15) is 22.7 Å². The summed E-state index contributed by atoms with van der Waals surface area (Å²) in [5.41, 5.74) is 2.74. The smallest absolute Gasteiger partial charge is 0.126 e. The molecule has 1 N–H and O–H groups in total. The molecule has 0 bridgehead atoms. The van der Waals surface area contributed by atoms with Gasteiger partial charge in [0.15, 0.2) is 0 Å². The third kappa shape index (κ3) is 3.66. The maximum Gasteiger partial charge on any atom is 0.126 e. The highest BCUT2D eigenvalue weighted by atomic mass is 19.1. The first-order chi connectivity index (χ1) is 9.70. The summed E-state index contributed by atoms with van der Waals surface area (Å²) >= 11 is 0. The van der Waals surface area contributed by atoms with E-state index in [4.69, 9.17) is 0 Å². The summed E-state index contributed by atoms with van der Waals surface area (Å²) in [4.78, 5) is 0. The molecule has 3 heteroatoms. The fourth-order valence-electron chi connectivity index (χ4n) is 2.14. The van der Waals surface area contributed by atoms with Crippen molar-refractivity contribution in [3.63, 3.8) is 0 Å². The Morgan fingerprint density at radius 1 is 1.20 bits per heavy atom. The van der Waals surface area contributed by atoms with Crippen LogP contribution in [0.2, 0.25) is 0 Å². The highest BCUT2D eigenvalue weighted by Gasteiger charge is 2.10. The van der Waals surface area contributed by atoms with Gasteiger partial charge in [-0.15, -0.1) is 0 Å². The zero-order chi connectivity index (χ0) is 14.4. The van der Waals surface area contributed by atoms with E-state index < -0.39 is 0 Å². The normalized spacial score (nSPS) is 11.8. The van der Waals surface area contributed by atoms with Crippen molar-refractivity contribution in [3.05, 3.63) is 71.0 Å². The molecular formula is C17H17FN2. The zero-order valence-electron chi connectivity index (χ0n) is 11.4. The van der Waals surface area contributed by atoms with Crippen molar-refractivity contribution >= 4 is 0 Å². The number of hydrogen-bond donors (Lipinski definition) is 1. The first-order valence-electron chi connectivity index (χ1n) is 6.63. The minimum absolute atomic E-state index is 0.196. The topological polar surface area (TPSA) is 35.8 Å². The maximum absolute atomic E-state index is 13.5. The largest absolute Gasteiger partial charge is 0.298 e. The minimum atomic E-state index is -0.360. The molecule has 0 aromatic heterocycles. The molecule has 0 spiro atoms. The van der Waals surface area contributed by atoms with Crippen molar-refractivity contribution in [1.82, 2.24) is 5.32 Å². The van der Waals surface area contributed by atoms with Crippen molar-refractivity contribution in [2.24, 2.45) is 0 Å². The Morgan fingerprint density at radius 2 is 2.00 bits per heavy atom. The SMILES string of the molecule is Cc1cccc(C(C#N)NCCc2ccccc2F)c1. The second-order valence-electron chi connectivity index (χ2n) is 4.77. The molecule has 0 radical (unpaired) electrons. The fraction of sp³-hybridized carbons (Fsp3) is 0.235. The highest BCUT2D eigenvalue weighted by Crippen LogP contribution is 2.14. The molecule has 0 aliphatic carbocycles. The summed E-state index contributed by atoms with van der Waals surface area (Å²) < 4.78 is 13.5. The molecule has 0 saturated heterocycles. The van der Waals surface area contributed by atoms with Gasteiger partial charge in [-0.05, 0) is 30.5 Å². The van der Waals surface area contributed by atoms with Crippen LogP contribution in [-0.4, -0.2) is 6.54 Å². The molecule has 20 heavy (non-hydrogen) atoms. The maximum atomic E-state index is 13.5. The van der Waals surface area contributed by atoms with Crippen molar-refractivity contribution in [3.8, 4) is 6.07 Å². The van der Waals surface area contributed by atoms with E-state index in [0.717, 1.165) is 11.1 Å². The zero-order valence-corrected chi connectivity index (χ0v) is 11.4. The summed E-state index contributed by atoms with van der Waals surface area (Å²) in [5, 5.41) is 12.4. The molecule has 0 heterocycles. The lowest BCUT2D eigenvalue weighted by molar-refractivity contribution is 0.586. The first kappa shape index (κ1) is 14.2. The molecule has 0 aliphatic heterocycles. The van der Waals surface area contributed by atoms with Gasteiger partial charge in [-0.25, -0.2) is 4.39 Å². The van der Waals surface area contributed by atoms with Crippen molar-refractivity contribution in [2.75, 3.05) is 6.54 Å². The highest BCUT2D eigenvalue weighted by molar-refractivity contribution is 5.28. The van der Waals surface area contributed by atoms with Gasteiger partial charge in [-0.1, -0.05) is 48.0 Å². The van der Waals surface area contributed by atoms with E-state index >= 15 is 0 Å². The number of nitrogens with one attached hydrogen (secondary N) is 1. The predicted molar refractivity (Wildman–Crippen MR) is 77.6 cm³/mol. The monoisotopic (exact) mass is 268 g/mol. The molecule has 2 nitrogen and oxygen atoms in total. The summed E-state index contributed by atoms with van der Waals surface area (Å²) in [6.45, 7) is 2.56. The number of benzene rings is 2.